The zero-order chi connectivity index (χ0) is 14.4. The Bertz CT molecular complexity index is 439. The molecule has 0 heterocycles. The van der Waals surface area contributed by atoms with Gasteiger partial charge in [0.2, 0.25) is 0 Å². The predicted molar refractivity (Wildman–Crippen MR) is 71.3 cm³/mol. The number of aliphatic carboxylic acids is 2. The quantitative estimate of drug-likeness (QED) is 0.643. The first kappa shape index (κ1) is 15.6. The molecular formula is C12H16NO5P. The molecule has 0 saturated carbocycles. The van der Waals surface area contributed by atoms with E-state index in [-0.39, 0.29) is 12.8 Å². The van der Waals surface area contributed by atoms with E-state index in [2.05, 4.69) is 0 Å². The van der Waals surface area contributed by atoms with Gasteiger partial charge in [-0.1, -0.05) is 30.3 Å². The molecule has 1 aromatic rings. The Kier molecular flexibility index (Phi) is 5.89. The van der Waals surface area contributed by atoms with E-state index in [1.165, 1.54) is 11.7 Å². The third-order valence-corrected chi connectivity index (χ3v) is 4.29. The highest BCUT2D eigenvalue weighted by Gasteiger charge is 2.29. The Labute approximate surface area is 112 Å². The molecule has 0 bridgehead atoms. The van der Waals surface area contributed by atoms with Crippen molar-refractivity contribution in [3.05, 3.63) is 30.3 Å². The van der Waals surface area contributed by atoms with Crippen LogP contribution in [0.15, 0.2) is 30.3 Å². The van der Waals surface area contributed by atoms with Gasteiger partial charge in [-0.3, -0.25) is 9.59 Å². The van der Waals surface area contributed by atoms with E-state index in [9.17, 15) is 14.5 Å². The number of likely N-dealkylation sites (N-methyl/N-ethyl adjacent to an activating group) is 1. The molecule has 1 rings (SSSR count). The SMILES string of the molecule is CN([C@@H](CCC(=O)O)C(=O)O)P(O)c1ccccc1. The molecule has 19 heavy (non-hydrogen) atoms. The van der Waals surface area contributed by atoms with Crippen LogP contribution in [-0.2, 0) is 9.59 Å². The number of carboxylic acid groups (broad SMARTS) is 2. The van der Waals surface area contributed by atoms with Gasteiger partial charge in [-0.2, -0.15) is 0 Å². The van der Waals surface area contributed by atoms with Crippen molar-refractivity contribution < 1.29 is 24.7 Å². The molecule has 1 unspecified atom stereocenters. The minimum absolute atomic E-state index is 0.0482. The van der Waals surface area contributed by atoms with Gasteiger partial charge >= 0.3 is 11.9 Å². The highest BCUT2D eigenvalue weighted by Crippen LogP contribution is 2.35. The predicted octanol–water partition coefficient (Wildman–Crippen LogP) is 0.866. The van der Waals surface area contributed by atoms with E-state index in [1.54, 1.807) is 30.3 Å². The molecule has 0 aromatic heterocycles. The molecule has 7 heteroatoms. The highest BCUT2D eigenvalue weighted by atomic mass is 31.2. The maximum atomic E-state index is 11.2. The molecular weight excluding hydrogens is 269 g/mol. The molecule has 0 spiro atoms. The first-order chi connectivity index (χ1) is 8.93. The molecule has 0 aliphatic carbocycles. The lowest BCUT2D eigenvalue weighted by molar-refractivity contribution is -0.142. The summed E-state index contributed by atoms with van der Waals surface area (Å²) in [6, 6.07) is 7.69. The molecule has 1 aromatic carbocycles. The zero-order valence-corrected chi connectivity index (χ0v) is 11.3. The van der Waals surface area contributed by atoms with Crippen molar-refractivity contribution in [1.82, 2.24) is 4.67 Å². The summed E-state index contributed by atoms with van der Waals surface area (Å²) in [6.45, 7) is 0. The van der Waals surface area contributed by atoms with Crippen LogP contribution in [-0.4, -0.2) is 44.8 Å². The maximum Gasteiger partial charge on any atom is 0.321 e. The number of hydrogen-bond donors (Lipinski definition) is 3. The fourth-order valence-corrected chi connectivity index (χ4v) is 2.89. The van der Waals surface area contributed by atoms with Gasteiger partial charge in [0.25, 0.3) is 0 Å². The Balaban J connectivity index is 2.78. The van der Waals surface area contributed by atoms with Crippen LogP contribution in [0.25, 0.3) is 0 Å². The van der Waals surface area contributed by atoms with E-state index in [0.29, 0.717) is 5.30 Å². The van der Waals surface area contributed by atoms with E-state index in [4.69, 9.17) is 10.2 Å². The summed E-state index contributed by atoms with van der Waals surface area (Å²) < 4.78 is 1.32. The summed E-state index contributed by atoms with van der Waals surface area (Å²) in [5, 5.41) is 18.4. The molecule has 104 valence electrons. The van der Waals surface area contributed by atoms with Crippen molar-refractivity contribution in [2.24, 2.45) is 0 Å². The Hall–Kier alpha value is -1.49. The number of benzene rings is 1. The average Bonchev–Trinajstić information content (AvgIpc) is 2.38. The molecule has 0 aliphatic heterocycles. The minimum atomic E-state index is -1.78. The molecule has 6 nitrogen and oxygen atoms in total. The molecule has 3 N–H and O–H groups in total. The van der Waals surface area contributed by atoms with Gasteiger partial charge < -0.3 is 15.1 Å². The third-order valence-electron chi connectivity index (χ3n) is 2.65. The van der Waals surface area contributed by atoms with Crippen LogP contribution in [0.1, 0.15) is 12.8 Å². The van der Waals surface area contributed by atoms with Crippen LogP contribution in [0.4, 0.5) is 0 Å². The van der Waals surface area contributed by atoms with Crippen LogP contribution in [0.2, 0.25) is 0 Å². The topological polar surface area (TPSA) is 98.1 Å². The summed E-state index contributed by atoms with van der Waals surface area (Å²) in [4.78, 5) is 31.8. The molecule has 0 radical (unpaired) electrons. The number of hydrogen-bond acceptors (Lipinski definition) is 4. The second kappa shape index (κ2) is 7.19. The zero-order valence-electron chi connectivity index (χ0n) is 10.4. The van der Waals surface area contributed by atoms with Crippen LogP contribution in [0, 0.1) is 0 Å². The Morgan fingerprint density at radius 1 is 1.26 bits per heavy atom. The largest absolute Gasteiger partial charge is 0.481 e. The second-order valence-corrected chi connectivity index (χ2v) is 5.71. The molecule has 0 fully saturated rings. The maximum absolute atomic E-state index is 11.2. The summed E-state index contributed by atoms with van der Waals surface area (Å²) >= 11 is 0. The monoisotopic (exact) mass is 285 g/mol. The highest BCUT2D eigenvalue weighted by molar-refractivity contribution is 7.57. The number of carbonyl (C=O) groups is 2. The van der Waals surface area contributed by atoms with Crippen LogP contribution in [0.5, 0.6) is 0 Å². The lowest BCUT2D eigenvalue weighted by Gasteiger charge is -2.28. The van der Waals surface area contributed by atoms with Gasteiger partial charge in [-0.05, 0) is 13.5 Å². The van der Waals surface area contributed by atoms with Crippen molar-refractivity contribution in [1.29, 1.82) is 0 Å². The van der Waals surface area contributed by atoms with Crippen LogP contribution < -0.4 is 5.30 Å². The van der Waals surface area contributed by atoms with Gasteiger partial charge in [0, 0.05) is 11.7 Å². The molecule has 2 atom stereocenters. The first-order valence-corrected chi connectivity index (χ1v) is 6.89. The molecule has 0 aliphatic rings. The van der Waals surface area contributed by atoms with Crippen molar-refractivity contribution in [3.8, 4) is 0 Å². The van der Waals surface area contributed by atoms with Crippen molar-refractivity contribution in [2.45, 2.75) is 18.9 Å². The Morgan fingerprint density at radius 3 is 2.32 bits per heavy atom. The minimum Gasteiger partial charge on any atom is -0.481 e. The summed E-state index contributed by atoms with van der Waals surface area (Å²) in [7, 11) is -0.295. The van der Waals surface area contributed by atoms with Gasteiger partial charge in [-0.25, -0.2) is 4.67 Å². The van der Waals surface area contributed by atoms with E-state index >= 15 is 0 Å². The van der Waals surface area contributed by atoms with E-state index in [0.717, 1.165) is 0 Å². The lowest BCUT2D eigenvalue weighted by Crippen LogP contribution is -2.37. The van der Waals surface area contributed by atoms with Gasteiger partial charge in [0.15, 0.2) is 0 Å². The second-order valence-electron chi connectivity index (χ2n) is 3.99. The fourth-order valence-electron chi connectivity index (χ4n) is 1.61. The number of rotatable bonds is 7. The van der Waals surface area contributed by atoms with Crippen LogP contribution >= 0.6 is 8.30 Å². The van der Waals surface area contributed by atoms with Gasteiger partial charge in [0.1, 0.15) is 14.3 Å². The van der Waals surface area contributed by atoms with Crippen molar-refractivity contribution >= 4 is 25.5 Å². The number of carboxylic acids is 2. The lowest BCUT2D eigenvalue weighted by atomic mass is 10.1. The van der Waals surface area contributed by atoms with Gasteiger partial charge in [-0.15, -0.1) is 0 Å². The normalized spacial score (nSPS) is 14.1. The molecule has 0 saturated heterocycles. The van der Waals surface area contributed by atoms with Gasteiger partial charge in [0.05, 0.1) is 0 Å². The van der Waals surface area contributed by atoms with E-state index < -0.39 is 26.3 Å². The number of nitrogens with zero attached hydrogens (tertiary/aromatic N) is 1. The molecule has 0 amide bonds. The third kappa shape index (κ3) is 4.59. The first-order valence-electron chi connectivity index (χ1n) is 5.65. The summed E-state index contributed by atoms with van der Waals surface area (Å²) in [5.74, 6) is -2.19. The summed E-state index contributed by atoms with van der Waals surface area (Å²) in [5.41, 5.74) is 0. The summed E-state index contributed by atoms with van der Waals surface area (Å²) in [6.07, 6.45) is -0.299. The van der Waals surface area contributed by atoms with Crippen molar-refractivity contribution in [3.63, 3.8) is 0 Å². The fraction of sp³-hybridized carbons (Fsp3) is 0.333. The average molecular weight is 285 g/mol. The smallest absolute Gasteiger partial charge is 0.321 e. The van der Waals surface area contributed by atoms with Crippen molar-refractivity contribution in [2.75, 3.05) is 7.05 Å². The van der Waals surface area contributed by atoms with Crippen LogP contribution in [0.3, 0.4) is 0 Å². The van der Waals surface area contributed by atoms with E-state index in [1.807, 2.05) is 0 Å². The standard InChI is InChI=1S/C12H16NO5P/c1-13(10(12(16)17)7-8-11(14)15)19(18)9-5-3-2-4-6-9/h2-6,10,18H,7-8H2,1H3,(H,14,15)(H,16,17)/t10-,19?/m0/s1. The Morgan fingerprint density at radius 2 is 1.84 bits per heavy atom.